The Morgan fingerprint density at radius 3 is 2.12 bits per heavy atom. The number of halogens is 2. The highest BCUT2D eigenvalue weighted by atomic mass is 35.5. The van der Waals surface area contributed by atoms with Crippen molar-refractivity contribution in [3.05, 3.63) is 58.1 Å². The number of anilines is 1. The highest BCUT2D eigenvalue weighted by molar-refractivity contribution is 6.35. The number of hydrogen-bond donors (Lipinski definition) is 2. The van der Waals surface area contributed by atoms with Gasteiger partial charge in [-0.15, -0.1) is 0 Å². The van der Waals surface area contributed by atoms with E-state index in [2.05, 4.69) is 10.6 Å². The van der Waals surface area contributed by atoms with Gasteiger partial charge in [-0.1, -0.05) is 23.2 Å². The molecule has 0 spiro atoms. The Bertz CT molecular complexity index is 956. The number of amides is 4. The highest BCUT2D eigenvalue weighted by Crippen LogP contribution is 2.21. The topological polar surface area (TPSA) is 91.0 Å². The minimum absolute atomic E-state index is 0.0763. The van der Waals surface area contributed by atoms with Crippen LogP contribution in [0.15, 0.2) is 42.5 Å². The molecule has 8 nitrogen and oxygen atoms in total. The largest absolute Gasteiger partial charge is 0.497 e. The molecule has 1 aliphatic heterocycles. The summed E-state index contributed by atoms with van der Waals surface area (Å²) in [6.45, 7) is 1.90. The fourth-order valence-electron chi connectivity index (χ4n) is 3.31. The molecule has 0 atom stereocenters. The summed E-state index contributed by atoms with van der Waals surface area (Å²) in [5.74, 6) is 0.450. The number of nitrogens with zero attached hydrogens (tertiary/aromatic N) is 2. The van der Waals surface area contributed by atoms with E-state index in [9.17, 15) is 14.4 Å². The fourth-order valence-corrected chi connectivity index (χ4v) is 3.84. The highest BCUT2D eigenvalue weighted by Gasteiger charge is 2.25. The van der Waals surface area contributed by atoms with Gasteiger partial charge in [0.15, 0.2) is 0 Å². The third-order valence-corrected chi connectivity index (χ3v) is 5.44. The van der Waals surface area contributed by atoms with Crippen LogP contribution in [0.2, 0.25) is 10.0 Å². The smallest absolute Gasteiger partial charge is 0.319 e. The monoisotopic (exact) mass is 478 g/mol. The van der Waals surface area contributed by atoms with Crippen molar-refractivity contribution in [2.45, 2.75) is 6.42 Å². The summed E-state index contributed by atoms with van der Waals surface area (Å²) in [6, 6.07) is 11.3. The Morgan fingerprint density at radius 1 is 0.938 bits per heavy atom. The van der Waals surface area contributed by atoms with Gasteiger partial charge in [-0.25, -0.2) is 4.79 Å². The first kappa shape index (κ1) is 23.7. The molecule has 2 aromatic carbocycles. The summed E-state index contributed by atoms with van der Waals surface area (Å²) in [5, 5.41) is 6.17. The van der Waals surface area contributed by atoms with E-state index in [0.717, 1.165) is 0 Å². The van der Waals surface area contributed by atoms with Crippen molar-refractivity contribution in [3.8, 4) is 5.75 Å². The maximum Gasteiger partial charge on any atom is 0.319 e. The van der Waals surface area contributed by atoms with Crippen molar-refractivity contribution in [2.75, 3.05) is 45.2 Å². The predicted octanol–water partition coefficient (Wildman–Crippen LogP) is 3.50. The zero-order chi connectivity index (χ0) is 23.1. The minimum atomic E-state index is -0.390. The maximum absolute atomic E-state index is 12.7. The van der Waals surface area contributed by atoms with Gasteiger partial charge in [-0.05, 0) is 42.5 Å². The molecule has 0 saturated carbocycles. The predicted molar refractivity (Wildman–Crippen MR) is 124 cm³/mol. The van der Waals surface area contributed by atoms with Gasteiger partial charge in [0, 0.05) is 60.4 Å². The van der Waals surface area contributed by atoms with Crippen LogP contribution < -0.4 is 15.4 Å². The molecule has 1 fully saturated rings. The molecule has 1 aliphatic rings. The number of hydrogen-bond acceptors (Lipinski definition) is 4. The van der Waals surface area contributed by atoms with Crippen LogP contribution in [0.3, 0.4) is 0 Å². The molecule has 0 radical (unpaired) electrons. The first-order chi connectivity index (χ1) is 15.4. The Labute approximate surface area is 196 Å². The van der Waals surface area contributed by atoms with Crippen molar-refractivity contribution in [1.29, 1.82) is 0 Å². The molecule has 1 saturated heterocycles. The average molecular weight is 479 g/mol. The number of carbonyl (C=O) groups is 3. The molecular formula is C22H24Cl2N4O4. The first-order valence-corrected chi connectivity index (χ1v) is 10.8. The standard InChI is InChI=1S/C22H24Cl2N4O4/c1-32-19-4-2-18(3-5-19)26-22(31)25-7-6-20(29)27-8-10-28(11-9-27)21(30)15-12-16(23)14-17(24)13-15/h2-5,12-14H,6-11H2,1H3,(H2,25,26,31). The molecule has 170 valence electrons. The average Bonchev–Trinajstić information content (AvgIpc) is 2.78. The van der Waals surface area contributed by atoms with E-state index in [4.69, 9.17) is 27.9 Å². The lowest BCUT2D eigenvalue weighted by atomic mass is 10.1. The molecule has 10 heteroatoms. The van der Waals surface area contributed by atoms with Crippen LogP contribution in [0.25, 0.3) is 0 Å². The SMILES string of the molecule is COc1ccc(NC(=O)NCCC(=O)N2CCN(C(=O)c3cc(Cl)cc(Cl)c3)CC2)cc1. The van der Waals surface area contributed by atoms with Crippen LogP contribution in [-0.4, -0.2) is 67.5 Å². The number of rotatable bonds is 6. The van der Waals surface area contributed by atoms with Crippen LogP contribution in [0, 0.1) is 0 Å². The van der Waals surface area contributed by atoms with Gasteiger partial charge in [-0.2, -0.15) is 0 Å². The number of methoxy groups -OCH3 is 1. The lowest BCUT2D eigenvalue weighted by molar-refractivity contribution is -0.132. The van der Waals surface area contributed by atoms with Gasteiger partial charge in [0.25, 0.3) is 5.91 Å². The van der Waals surface area contributed by atoms with Crippen LogP contribution in [0.1, 0.15) is 16.8 Å². The number of carbonyl (C=O) groups excluding carboxylic acids is 3. The molecule has 1 heterocycles. The molecule has 0 bridgehead atoms. The molecular weight excluding hydrogens is 455 g/mol. The number of ether oxygens (including phenoxy) is 1. The van der Waals surface area contributed by atoms with Gasteiger partial charge in [0.2, 0.25) is 5.91 Å². The van der Waals surface area contributed by atoms with Crippen molar-refractivity contribution in [1.82, 2.24) is 15.1 Å². The van der Waals surface area contributed by atoms with Gasteiger partial charge >= 0.3 is 6.03 Å². The Morgan fingerprint density at radius 2 is 1.53 bits per heavy atom. The molecule has 0 aromatic heterocycles. The molecule has 0 aliphatic carbocycles. The van der Waals surface area contributed by atoms with Crippen molar-refractivity contribution < 1.29 is 19.1 Å². The number of urea groups is 1. The van der Waals surface area contributed by atoms with Crippen LogP contribution in [0.5, 0.6) is 5.75 Å². The zero-order valence-electron chi connectivity index (χ0n) is 17.6. The molecule has 2 N–H and O–H groups in total. The third kappa shape index (κ3) is 6.51. The Hall–Kier alpha value is -2.97. The molecule has 0 unspecified atom stereocenters. The zero-order valence-corrected chi connectivity index (χ0v) is 19.1. The maximum atomic E-state index is 12.7. The number of benzene rings is 2. The van der Waals surface area contributed by atoms with Gasteiger partial charge in [0.1, 0.15) is 5.75 Å². The van der Waals surface area contributed by atoms with Crippen molar-refractivity contribution in [2.24, 2.45) is 0 Å². The van der Waals surface area contributed by atoms with Crippen molar-refractivity contribution in [3.63, 3.8) is 0 Å². The summed E-state index contributed by atoms with van der Waals surface area (Å²) < 4.78 is 5.07. The lowest BCUT2D eigenvalue weighted by Gasteiger charge is -2.35. The molecule has 2 aromatic rings. The second-order valence-corrected chi connectivity index (χ2v) is 8.06. The summed E-state index contributed by atoms with van der Waals surface area (Å²) in [4.78, 5) is 40.5. The van der Waals surface area contributed by atoms with E-state index in [1.807, 2.05) is 0 Å². The summed E-state index contributed by atoms with van der Waals surface area (Å²) in [7, 11) is 1.57. The first-order valence-electron chi connectivity index (χ1n) is 10.1. The number of piperazine rings is 1. The van der Waals surface area contributed by atoms with Crippen molar-refractivity contribution >= 4 is 46.7 Å². The van der Waals surface area contributed by atoms with E-state index < -0.39 is 6.03 Å². The second kappa shape index (κ2) is 11.1. The Balaban J connectivity index is 1.39. The Kier molecular flexibility index (Phi) is 8.19. The van der Waals surface area contributed by atoms with E-state index >= 15 is 0 Å². The normalized spacial score (nSPS) is 13.5. The van der Waals surface area contributed by atoms with Crippen LogP contribution in [0.4, 0.5) is 10.5 Å². The van der Waals surface area contributed by atoms with Gasteiger partial charge in [0.05, 0.1) is 7.11 Å². The van der Waals surface area contributed by atoms with Gasteiger partial charge < -0.3 is 25.2 Å². The summed E-state index contributed by atoms with van der Waals surface area (Å²) in [5.41, 5.74) is 1.05. The van der Waals surface area contributed by atoms with E-state index in [-0.39, 0.29) is 24.8 Å². The molecule has 4 amide bonds. The van der Waals surface area contributed by atoms with Crippen LogP contribution >= 0.6 is 23.2 Å². The summed E-state index contributed by atoms with van der Waals surface area (Å²) in [6.07, 6.45) is 0.174. The van der Waals surface area contributed by atoms with Crippen LogP contribution in [-0.2, 0) is 4.79 Å². The summed E-state index contributed by atoms with van der Waals surface area (Å²) >= 11 is 12.0. The number of nitrogens with one attached hydrogen (secondary N) is 2. The van der Waals surface area contributed by atoms with E-state index in [1.54, 1.807) is 59.4 Å². The quantitative estimate of drug-likeness (QED) is 0.664. The third-order valence-electron chi connectivity index (χ3n) is 5.00. The second-order valence-electron chi connectivity index (χ2n) is 7.19. The molecule has 32 heavy (non-hydrogen) atoms. The van der Waals surface area contributed by atoms with E-state index in [0.29, 0.717) is 53.2 Å². The van der Waals surface area contributed by atoms with E-state index in [1.165, 1.54) is 0 Å². The van der Waals surface area contributed by atoms with Gasteiger partial charge in [-0.3, -0.25) is 9.59 Å². The fraction of sp³-hybridized carbons (Fsp3) is 0.318. The lowest BCUT2D eigenvalue weighted by Crippen LogP contribution is -2.51. The molecule has 3 rings (SSSR count). The minimum Gasteiger partial charge on any atom is -0.497 e.